The van der Waals surface area contributed by atoms with Crippen LogP contribution in [0.15, 0.2) is 0 Å². The quantitative estimate of drug-likeness (QED) is 0.317. The molecule has 0 fully saturated rings. The summed E-state index contributed by atoms with van der Waals surface area (Å²) in [6.45, 7) is 8.47. The summed E-state index contributed by atoms with van der Waals surface area (Å²) in [5.41, 5.74) is 0. The number of nitrogens with one attached hydrogen (secondary N) is 2. The van der Waals surface area contributed by atoms with Crippen LogP contribution >= 0.6 is 0 Å². The first-order valence-electron chi connectivity index (χ1n) is 9.60. The van der Waals surface area contributed by atoms with Crippen LogP contribution in [0.3, 0.4) is 0 Å². The number of ketones is 1. The Hall–Kier alpha value is -2.00. The summed E-state index contributed by atoms with van der Waals surface area (Å²) in [6.07, 6.45) is 1.22. The molecule has 0 rings (SSSR count). The van der Waals surface area contributed by atoms with Gasteiger partial charge in [0.05, 0.1) is 6.54 Å². The topological polar surface area (TPSA) is 153 Å². The molecular formula is C19H36N2O7. The summed E-state index contributed by atoms with van der Waals surface area (Å²) in [4.78, 5) is 43.1. The smallest absolute Gasteiger partial charge is 0.322 e. The van der Waals surface area contributed by atoms with Gasteiger partial charge in [0.25, 0.3) is 0 Å². The molecule has 0 saturated heterocycles. The van der Waals surface area contributed by atoms with Crippen molar-refractivity contribution in [1.29, 1.82) is 0 Å². The van der Waals surface area contributed by atoms with Crippen LogP contribution in [0.1, 0.15) is 60.3 Å². The first-order chi connectivity index (χ1) is 13.0. The van der Waals surface area contributed by atoms with Crippen LogP contribution in [0.4, 0.5) is 0 Å². The Labute approximate surface area is 166 Å². The van der Waals surface area contributed by atoms with Crippen molar-refractivity contribution >= 4 is 23.6 Å². The number of Topliss-reactive ketones (excluding diaryl/α,β-unsaturated/α-hetero) is 1. The Kier molecular flexibility index (Phi) is 16.1. The third-order valence-electron chi connectivity index (χ3n) is 4.03. The zero-order valence-electron chi connectivity index (χ0n) is 17.5. The lowest BCUT2D eigenvalue weighted by molar-refractivity contribution is -0.140. The summed E-state index contributed by atoms with van der Waals surface area (Å²) in [7, 11) is 0. The van der Waals surface area contributed by atoms with E-state index in [0.29, 0.717) is 0 Å². The van der Waals surface area contributed by atoms with Crippen molar-refractivity contribution in [3.05, 3.63) is 0 Å². The van der Waals surface area contributed by atoms with Crippen LogP contribution in [0.2, 0.25) is 0 Å². The Bertz CT molecular complexity index is 453. The van der Waals surface area contributed by atoms with Crippen LogP contribution in [0.5, 0.6) is 0 Å². The Morgan fingerprint density at radius 3 is 1.43 bits per heavy atom. The lowest BCUT2D eigenvalue weighted by Gasteiger charge is -2.17. The van der Waals surface area contributed by atoms with Gasteiger partial charge in [0, 0.05) is 0 Å². The summed E-state index contributed by atoms with van der Waals surface area (Å²) < 4.78 is 0. The van der Waals surface area contributed by atoms with Gasteiger partial charge in [-0.15, -0.1) is 0 Å². The van der Waals surface area contributed by atoms with E-state index < -0.39 is 36.5 Å². The number of aliphatic hydroxyl groups excluding tert-OH is 2. The van der Waals surface area contributed by atoms with E-state index in [1.54, 1.807) is 6.92 Å². The maximum absolute atomic E-state index is 11.3. The molecule has 0 heterocycles. The Balaban J connectivity index is 0. The van der Waals surface area contributed by atoms with E-state index in [1.165, 1.54) is 6.92 Å². The highest BCUT2D eigenvalue weighted by Gasteiger charge is 2.22. The number of rotatable bonds is 12. The normalized spacial score (nSPS) is 14.5. The fourth-order valence-electron chi connectivity index (χ4n) is 2.33. The number of hydrogen-bond acceptors (Lipinski definition) is 6. The molecule has 0 aliphatic heterocycles. The summed E-state index contributed by atoms with van der Waals surface area (Å²) in [5.74, 6) is -2.52. The second-order valence-electron chi connectivity index (χ2n) is 6.95. The molecule has 0 aromatic carbocycles. The van der Waals surface area contributed by atoms with E-state index in [-0.39, 0.29) is 24.2 Å². The maximum atomic E-state index is 11.3. The van der Waals surface area contributed by atoms with Gasteiger partial charge in [-0.1, -0.05) is 40.5 Å². The molecule has 0 bridgehead atoms. The van der Waals surface area contributed by atoms with E-state index in [4.69, 9.17) is 5.11 Å². The summed E-state index contributed by atoms with van der Waals surface area (Å²) in [5, 5.41) is 31.7. The Morgan fingerprint density at radius 1 is 0.786 bits per heavy atom. The molecule has 164 valence electrons. The van der Waals surface area contributed by atoms with Gasteiger partial charge in [0.1, 0.15) is 24.5 Å². The minimum Gasteiger partial charge on any atom is -0.480 e. The molecule has 0 aromatic heterocycles. The molecule has 9 heteroatoms. The first kappa shape index (κ1) is 28.2. The molecule has 0 radical (unpaired) electrons. The van der Waals surface area contributed by atoms with Crippen molar-refractivity contribution in [2.45, 2.75) is 72.5 Å². The van der Waals surface area contributed by atoms with Crippen LogP contribution in [0, 0.1) is 11.8 Å². The number of carboxylic acids is 1. The van der Waals surface area contributed by atoms with Gasteiger partial charge < -0.3 is 26.0 Å². The summed E-state index contributed by atoms with van der Waals surface area (Å²) in [6, 6.07) is 0. The minimum absolute atomic E-state index is 0.00522. The van der Waals surface area contributed by atoms with Crippen molar-refractivity contribution in [2.75, 3.05) is 13.1 Å². The van der Waals surface area contributed by atoms with Gasteiger partial charge in [0.2, 0.25) is 11.8 Å². The maximum Gasteiger partial charge on any atom is 0.322 e. The van der Waals surface area contributed by atoms with Gasteiger partial charge >= 0.3 is 5.97 Å². The monoisotopic (exact) mass is 404 g/mol. The predicted octanol–water partition coefficient (Wildman–Crippen LogP) is 0.473. The molecule has 2 amide bonds. The molecule has 0 aromatic rings. The lowest BCUT2D eigenvalue weighted by Crippen LogP contribution is -2.40. The van der Waals surface area contributed by atoms with Gasteiger partial charge in [-0.2, -0.15) is 0 Å². The van der Waals surface area contributed by atoms with Crippen molar-refractivity contribution in [3.8, 4) is 0 Å². The van der Waals surface area contributed by atoms with Crippen molar-refractivity contribution < 1.29 is 34.5 Å². The molecule has 4 unspecified atom stereocenters. The van der Waals surface area contributed by atoms with Crippen molar-refractivity contribution in [1.82, 2.24) is 10.6 Å². The predicted molar refractivity (Wildman–Crippen MR) is 104 cm³/mol. The van der Waals surface area contributed by atoms with Crippen molar-refractivity contribution in [2.24, 2.45) is 11.8 Å². The zero-order valence-corrected chi connectivity index (χ0v) is 17.5. The number of carbonyl (C=O) groups excluding carboxylic acids is 3. The molecule has 28 heavy (non-hydrogen) atoms. The molecule has 9 nitrogen and oxygen atoms in total. The SMILES string of the molecule is CCCC(C)C(O)C(=O)NCC(=O)O.CCCC(C)C(O)C(=O)NCC(C)=O. The average Bonchev–Trinajstić information content (AvgIpc) is 2.63. The third kappa shape index (κ3) is 14.1. The van der Waals surface area contributed by atoms with Crippen LogP contribution in [-0.4, -0.2) is 64.2 Å². The third-order valence-corrected chi connectivity index (χ3v) is 4.03. The van der Waals surface area contributed by atoms with Gasteiger partial charge in [0.15, 0.2) is 0 Å². The lowest BCUT2D eigenvalue weighted by atomic mass is 9.99. The van der Waals surface area contributed by atoms with Gasteiger partial charge in [-0.3, -0.25) is 19.2 Å². The Morgan fingerprint density at radius 2 is 1.14 bits per heavy atom. The van der Waals surface area contributed by atoms with Crippen LogP contribution < -0.4 is 10.6 Å². The van der Waals surface area contributed by atoms with E-state index in [2.05, 4.69) is 10.6 Å². The van der Waals surface area contributed by atoms with Crippen LogP contribution in [-0.2, 0) is 19.2 Å². The number of carboxylic acid groups (broad SMARTS) is 1. The minimum atomic E-state index is -1.12. The number of carbonyl (C=O) groups is 4. The molecule has 0 aliphatic rings. The van der Waals surface area contributed by atoms with Gasteiger partial charge in [-0.05, 0) is 31.6 Å². The molecule has 4 atom stereocenters. The molecule has 0 aliphatic carbocycles. The molecular weight excluding hydrogens is 368 g/mol. The number of amides is 2. The zero-order chi connectivity index (χ0) is 22.3. The van der Waals surface area contributed by atoms with E-state index in [1.807, 2.05) is 20.8 Å². The highest BCUT2D eigenvalue weighted by atomic mass is 16.4. The van der Waals surface area contributed by atoms with E-state index >= 15 is 0 Å². The second kappa shape index (κ2) is 16.0. The molecule has 5 N–H and O–H groups in total. The van der Waals surface area contributed by atoms with Crippen LogP contribution in [0.25, 0.3) is 0 Å². The highest BCUT2D eigenvalue weighted by Crippen LogP contribution is 2.11. The van der Waals surface area contributed by atoms with Crippen molar-refractivity contribution in [3.63, 3.8) is 0 Å². The average molecular weight is 405 g/mol. The van der Waals surface area contributed by atoms with E-state index in [9.17, 15) is 29.4 Å². The number of aliphatic hydroxyl groups is 2. The summed E-state index contributed by atoms with van der Waals surface area (Å²) >= 11 is 0. The largest absolute Gasteiger partial charge is 0.480 e. The number of hydrogen-bond donors (Lipinski definition) is 5. The highest BCUT2D eigenvalue weighted by molar-refractivity contribution is 5.86. The first-order valence-corrected chi connectivity index (χ1v) is 9.60. The fraction of sp³-hybridized carbons (Fsp3) is 0.789. The molecule has 0 saturated carbocycles. The van der Waals surface area contributed by atoms with E-state index in [0.717, 1.165) is 25.7 Å². The number of aliphatic carboxylic acids is 1. The fourth-order valence-corrected chi connectivity index (χ4v) is 2.33. The van der Waals surface area contributed by atoms with Gasteiger partial charge in [-0.25, -0.2) is 0 Å². The standard InChI is InChI=1S/C10H19NO3.C9H17NO4/c1-4-5-7(2)9(13)10(14)11-6-8(3)12;1-3-4-6(2)8(13)9(14)10-5-7(11)12/h7,9,13H,4-6H2,1-3H3,(H,11,14);6,8,13H,3-5H2,1-2H3,(H,10,14)(H,11,12). The molecule has 0 spiro atoms. The second-order valence-corrected chi connectivity index (χ2v) is 6.95.